The highest BCUT2D eigenvalue weighted by Crippen LogP contribution is 2.24. The number of methoxy groups -OCH3 is 2. The number of likely N-dealkylation sites (N-methyl/N-ethyl adjacent to an activating group) is 1. The van der Waals surface area contributed by atoms with E-state index < -0.39 is 0 Å². The van der Waals surface area contributed by atoms with Gasteiger partial charge >= 0.3 is 0 Å². The third-order valence-electron chi connectivity index (χ3n) is 2.71. The maximum absolute atomic E-state index is 11.8. The van der Waals surface area contributed by atoms with E-state index in [0.29, 0.717) is 12.3 Å². The third kappa shape index (κ3) is 6.12. The predicted molar refractivity (Wildman–Crippen MR) is 82.1 cm³/mol. The molecule has 0 spiro atoms. The average Bonchev–Trinajstić information content (AvgIpc) is 2.43. The molecule has 6 heteroatoms. The Kier molecular flexibility index (Phi) is 9.59. The molecule has 0 saturated carbocycles. The second-order valence-corrected chi connectivity index (χ2v) is 4.06. The van der Waals surface area contributed by atoms with Crippen molar-refractivity contribution in [2.45, 2.75) is 13.3 Å². The number of hydrogen-bond acceptors (Lipinski definition) is 4. The fourth-order valence-electron chi connectivity index (χ4n) is 1.72. The van der Waals surface area contributed by atoms with Crippen molar-refractivity contribution in [1.82, 2.24) is 10.6 Å². The summed E-state index contributed by atoms with van der Waals surface area (Å²) < 4.78 is 10.4. The molecule has 1 rings (SSSR count). The molecular formula is C14H23ClN2O3. The van der Waals surface area contributed by atoms with E-state index in [1.165, 1.54) is 0 Å². The molecule has 0 heterocycles. The van der Waals surface area contributed by atoms with Gasteiger partial charge in [0.15, 0.2) is 0 Å². The molecule has 5 nitrogen and oxygen atoms in total. The maximum atomic E-state index is 11.8. The lowest BCUT2D eigenvalue weighted by Crippen LogP contribution is -2.32. The van der Waals surface area contributed by atoms with Gasteiger partial charge in [-0.1, -0.05) is 6.92 Å². The lowest BCUT2D eigenvalue weighted by molar-refractivity contribution is -0.120. The smallest absolute Gasteiger partial charge is 0.224 e. The number of carbonyl (C=O) groups excluding carboxylic acids is 1. The molecule has 0 aromatic heterocycles. The van der Waals surface area contributed by atoms with Crippen LogP contribution in [0.2, 0.25) is 0 Å². The number of amides is 1. The standard InChI is InChI=1S/C14H22N2O3.ClH/c1-4-15-7-8-16-14(17)10-11-9-12(18-2)5-6-13(11)19-3;/h5-6,9,15H,4,7-8,10H2,1-3H3,(H,16,17);1H. The largest absolute Gasteiger partial charge is 0.497 e. The van der Waals surface area contributed by atoms with Crippen LogP contribution in [0.1, 0.15) is 12.5 Å². The van der Waals surface area contributed by atoms with Gasteiger partial charge in [-0.3, -0.25) is 4.79 Å². The first-order valence-electron chi connectivity index (χ1n) is 6.39. The molecule has 0 aliphatic heterocycles. The van der Waals surface area contributed by atoms with Gasteiger partial charge in [0, 0.05) is 18.7 Å². The molecule has 20 heavy (non-hydrogen) atoms. The van der Waals surface area contributed by atoms with Crippen LogP contribution in [0.25, 0.3) is 0 Å². The number of ether oxygens (including phenoxy) is 2. The van der Waals surface area contributed by atoms with Crippen molar-refractivity contribution in [1.29, 1.82) is 0 Å². The van der Waals surface area contributed by atoms with Gasteiger partial charge in [-0.2, -0.15) is 0 Å². The highest BCUT2D eigenvalue weighted by Gasteiger charge is 2.09. The molecule has 0 unspecified atom stereocenters. The second kappa shape index (κ2) is 10.3. The lowest BCUT2D eigenvalue weighted by Gasteiger charge is -2.11. The zero-order chi connectivity index (χ0) is 14.1. The fourth-order valence-corrected chi connectivity index (χ4v) is 1.72. The number of nitrogens with one attached hydrogen (secondary N) is 2. The first kappa shape index (κ1) is 18.5. The summed E-state index contributed by atoms with van der Waals surface area (Å²) >= 11 is 0. The molecule has 2 N–H and O–H groups in total. The summed E-state index contributed by atoms with van der Waals surface area (Å²) in [6.45, 7) is 4.33. The van der Waals surface area contributed by atoms with E-state index in [0.717, 1.165) is 24.4 Å². The SMILES string of the molecule is CCNCCNC(=O)Cc1cc(OC)ccc1OC.Cl. The molecule has 0 atom stereocenters. The van der Waals surface area contributed by atoms with Crippen LogP contribution in [0, 0.1) is 0 Å². The van der Waals surface area contributed by atoms with E-state index in [1.807, 2.05) is 19.1 Å². The molecule has 0 radical (unpaired) electrons. The summed E-state index contributed by atoms with van der Waals surface area (Å²) in [5.74, 6) is 1.39. The summed E-state index contributed by atoms with van der Waals surface area (Å²) in [5.41, 5.74) is 0.822. The molecule has 0 bridgehead atoms. The minimum atomic E-state index is -0.0237. The van der Waals surface area contributed by atoms with Crippen LogP contribution in [-0.2, 0) is 11.2 Å². The van der Waals surface area contributed by atoms with Crippen molar-refractivity contribution in [2.75, 3.05) is 33.9 Å². The van der Waals surface area contributed by atoms with E-state index in [1.54, 1.807) is 20.3 Å². The predicted octanol–water partition coefficient (Wildman–Crippen LogP) is 1.39. The Morgan fingerprint density at radius 1 is 1.20 bits per heavy atom. The van der Waals surface area contributed by atoms with Gasteiger partial charge in [-0.15, -0.1) is 12.4 Å². The van der Waals surface area contributed by atoms with Crippen molar-refractivity contribution in [2.24, 2.45) is 0 Å². The summed E-state index contributed by atoms with van der Waals surface area (Å²) in [5, 5.41) is 6.01. The Hall–Kier alpha value is -1.46. The molecular weight excluding hydrogens is 280 g/mol. The van der Waals surface area contributed by atoms with Crippen molar-refractivity contribution >= 4 is 18.3 Å². The zero-order valence-electron chi connectivity index (χ0n) is 12.2. The van der Waals surface area contributed by atoms with Crippen LogP contribution in [0.5, 0.6) is 11.5 Å². The Morgan fingerprint density at radius 2 is 1.95 bits per heavy atom. The Labute approximate surface area is 126 Å². The van der Waals surface area contributed by atoms with Crippen molar-refractivity contribution in [3.05, 3.63) is 23.8 Å². The summed E-state index contributed by atoms with van der Waals surface area (Å²) in [6, 6.07) is 5.44. The van der Waals surface area contributed by atoms with Crippen LogP contribution in [0.3, 0.4) is 0 Å². The summed E-state index contributed by atoms with van der Waals surface area (Å²) in [4.78, 5) is 11.8. The second-order valence-electron chi connectivity index (χ2n) is 4.06. The quantitative estimate of drug-likeness (QED) is 0.713. The van der Waals surface area contributed by atoms with Crippen molar-refractivity contribution < 1.29 is 14.3 Å². The molecule has 114 valence electrons. The molecule has 0 aliphatic rings. The van der Waals surface area contributed by atoms with Gasteiger partial charge in [0.25, 0.3) is 0 Å². The number of halogens is 1. The zero-order valence-corrected chi connectivity index (χ0v) is 13.0. The van der Waals surface area contributed by atoms with Gasteiger partial charge < -0.3 is 20.1 Å². The van der Waals surface area contributed by atoms with Crippen LogP contribution in [0.4, 0.5) is 0 Å². The topological polar surface area (TPSA) is 59.6 Å². The third-order valence-corrected chi connectivity index (χ3v) is 2.71. The molecule has 0 saturated heterocycles. The molecule has 0 aliphatic carbocycles. The summed E-state index contributed by atoms with van der Waals surface area (Å²) in [6.07, 6.45) is 0.284. The van der Waals surface area contributed by atoms with Crippen LogP contribution in [-0.4, -0.2) is 39.8 Å². The molecule has 1 aromatic carbocycles. The van der Waals surface area contributed by atoms with Gasteiger partial charge in [-0.25, -0.2) is 0 Å². The van der Waals surface area contributed by atoms with E-state index in [9.17, 15) is 4.79 Å². The lowest BCUT2D eigenvalue weighted by atomic mass is 10.1. The number of carbonyl (C=O) groups is 1. The monoisotopic (exact) mass is 302 g/mol. The molecule has 1 amide bonds. The number of rotatable bonds is 8. The highest BCUT2D eigenvalue weighted by atomic mass is 35.5. The molecule has 1 aromatic rings. The van der Waals surface area contributed by atoms with E-state index >= 15 is 0 Å². The number of benzene rings is 1. The van der Waals surface area contributed by atoms with Crippen molar-refractivity contribution in [3.63, 3.8) is 0 Å². The first-order chi connectivity index (χ1) is 9.21. The molecule has 0 fully saturated rings. The Morgan fingerprint density at radius 3 is 2.55 bits per heavy atom. The van der Waals surface area contributed by atoms with Crippen LogP contribution >= 0.6 is 12.4 Å². The normalized spacial score (nSPS) is 9.55. The van der Waals surface area contributed by atoms with Gasteiger partial charge in [0.2, 0.25) is 5.91 Å². The fraction of sp³-hybridized carbons (Fsp3) is 0.500. The van der Waals surface area contributed by atoms with Crippen LogP contribution in [0.15, 0.2) is 18.2 Å². The minimum absolute atomic E-state index is 0. The van der Waals surface area contributed by atoms with Gasteiger partial charge in [0.1, 0.15) is 11.5 Å². The number of hydrogen-bond donors (Lipinski definition) is 2. The van der Waals surface area contributed by atoms with E-state index in [4.69, 9.17) is 9.47 Å². The van der Waals surface area contributed by atoms with E-state index in [2.05, 4.69) is 10.6 Å². The first-order valence-corrected chi connectivity index (χ1v) is 6.39. The Balaban J connectivity index is 0.00000361. The van der Waals surface area contributed by atoms with E-state index in [-0.39, 0.29) is 24.7 Å². The summed E-state index contributed by atoms with van der Waals surface area (Å²) in [7, 11) is 3.19. The van der Waals surface area contributed by atoms with Gasteiger partial charge in [-0.05, 0) is 24.7 Å². The van der Waals surface area contributed by atoms with Gasteiger partial charge in [0.05, 0.1) is 20.6 Å². The average molecular weight is 303 g/mol. The Bertz CT molecular complexity index is 413. The van der Waals surface area contributed by atoms with Crippen LogP contribution < -0.4 is 20.1 Å². The minimum Gasteiger partial charge on any atom is -0.497 e. The van der Waals surface area contributed by atoms with Crippen molar-refractivity contribution in [3.8, 4) is 11.5 Å². The maximum Gasteiger partial charge on any atom is 0.224 e. The highest BCUT2D eigenvalue weighted by molar-refractivity contribution is 5.85.